The van der Waals surface area contributed by atoms with Gasteiger partial charge >= 0.3 is 6.03 Å². The van der Waals surface area contributed by atoms with Gasteiger partial charge in [-0.05, 0) is 50.6 Å². The second-order valence-electron chi connectivity index (χ2n) is 6.24. The number of halogens is 1. The van der Waals surface area contributed by atoms with Crippen LogP contribution in [0.25, 0.3) is 0 Å². The lowest BCUT2D eigenvalue weighted by Gasteiger charge is -2.35. The Kier molecular flexibility index (Phi) is 5.14. The van der Waals surface area contributed by atoms with E-state index in [-0.39, 0.29) is 11.6 Å². The van der Waals surface area contributed by atoms with Crippen molar-refractivity contribution in [1.29, 1.82) is 0 Å². The molecule has 1 aliphatic heterocycles. The SMILES string of the molecule is CC(C)(C)N1C=CC(NC(=O)NCc2cccc(Cl)c2)=CC1. The highest BCUT2D eigenvalue weighted by molar-refractivity contribution is 6.30. The molecule has 0 saturated carbocycles. The first kappa shape index (κ1) is 16.4. The number of nitrogens with one attached hydrogen (secondary N) is 2. The number of benzene rings is 1. The second kappa shape index (κ2) is 6.88. The van der Waals surface area contributed by atoms with E-state index in [1.807, 2.05) is 42.6 Å². The van der Waals surface area contributed by atoms with Gasteiger partial charge in [-0.1, -0.05) is 23.7 Å². The summed E-state index contributed by atoms with van der Waals surface area (Å²) in [6.07, 6.45) is 5.92. The molecule has 2 rings (SSSR count). The molecule has 0 bridgehead atoms. The molecule has 0 aromatic heterocycles. The van der Waals surface area contributed by atoms with Gasteiger partial charge in [0.15, 0.2) is 0 Å². The molecule has 2 N–H and O–H groups in total. The van der Waals surface area contributed by atoms with E-state index < -0.39 is 0 Å². The number of hydrogen-bond acceptors (Lipinski definition) is 2. The van der Waals surface area contributed by atoms with Crippen LogP contribution in [-0.2, 0) is 6.54 Å². The summed E-state index contributed by atoms with van der Waals surface area (Å²) in [4.78, 5) is 14.1. The average molecular weight is 320 g/mol. The van der Waals surface area contributed by atoms with Gasteiger partial charge in [0.05, 0.1) is 0 Å². The Balaban J connectivity index is 1.81. The molecule has 1 aliphatic rings. The predicted octanol–water partition coefficient (Wildman–Crippen LogP) is 3.65. The fourth-order valence-corrected chi connectivity index (χ4v) is 2.30. The lowest BCUT2D eigenvalue weighted by atomic mass is 10.1. The van der Waals surface area contributed by atoms with E-state index >= 15 is 0 Å². The van der Waals surface area contributed by atoms with Crippen LogP contribution in [0.4, 0.5) is 4.79 Å². The molecule has 22 heavy (non-hydrogen) atoms. The Morgan fingerprint density at radius 1 is 1.36 bits per heavy atom. The molecular weight excluding hydrogens is 298 g/mol. The highest BCUT2D eigenvalue weighted by Crippen LogP contribution is 2.17. The lowest BCUT2D eigenvalue weighted by molar-refractivity contribution is 0.222. The molecule has 5 heteroatoms. The van der Waals surface area contributed by atoms with E-state index in [0.29, 0.717) is 11.6 Å². The van der Waals surface area contributed by atoms with E-state index in [9.17, 15) is 4.79 Å². The highest BCUT2D eigenvalue weighted by Gasteiger charge is 2.19. The standard InChI is InChI=1S/C17H22ClN3O/c1-17(2,3)21-9-7-15(8-10-21)20-16(22)19-12-13-5-4-6-14(18)11-13/h4-9,11H,10,12H2,1-3H3,(H2,19,20,22). The molecule has 0 unspecified atom stereocenters. The Labute approximate surface area is 136 Å². The van der Waals surface area contributed by atoms with E-state index in [1.54, 1.807) is 0 Å². The first-order valence-electron chi connectivity index (χ1n) is 7.29. The second-order valence-corrected chi connectivity index (χ2v) is 6.67. The highest BCUT2D eigenvalue weighted by atomic mass is 35.5. The number of rotatable bonds is 3. The van der Waals surface area contributed by atoms with Gasteiger partial charge in [-0.3, -0.25) is 0 Å². The summed E-state index contributed by atoms with van der Waals surface area (Å²) in [7, 11) is 0. The van der Waals surface area contributed by atoms with Crippen LogP contribution in [0.5, 0.6) is 0 Å². The van der Waals surface area contributed by atoms with Crippen LogP contribution in [0.15, 0.2) is 48.3 Å². The van der Waals surface area contributed by atoms with Gasteiger partial charge in [-0.25, -0.2) is 4.79 Å². The molecule has 0 fully saturated rings. The third-order valence-electron chi connectivity index (χ3n) is 3.40. The van der Waals surface area contributed by atoms with Crippen LogP contribution in [0.3, 0.4) is 0 Å². The van der Waals surface area contributed by atoms with E-state index in [4.69, 9.17) is 11.6 Å². The van der Waals surface area contributed by atoms with Crippen LogP contribution in [0.2, 0.25) is 5.02 Å². The third kappa shape index (κ3) is 4.81. The minimum atomic E-state index is -0.222. The van der Waals surface area contributed by atoms with Crippen LogP contribution in [0, 0.1) is 0 Å². The number of carbonyl (C=O) groups is 1. The third-order valence-corrected chi connectivity index (χ3v) is 3.64. The van der Waals surface area contributed by atoms with Crippen molar-refractivity contribution >= 4 is 17.6 Å². The number of carbonyl (C=O) groups excluding carboxylic acids is 1. The number of hydrogen-bond donors (Lipinski definition) is 2. The topological polar surface area (TPSA) is 44.4 Å². The zero-order chi connectivity index (χ0) is 16.2. The van der Waals surface area contributed by atoms with Gasteiger partial charge in [-0.15, -0.1) is 0 Å². The van der Waals surface area contributed by atoms with Crippen molar-refractivity contribution in [3.8, 4) is 0 Å². The molecule has 0 radical (unpaired) electrons. The minimum Gasteiger partial charge on any atom is -0.369 e. The minimum absolute atomic E-state index is 0.0768. The fraction of sp³-hybridized carbons (Fsp3) is 0.353. The summed E-state index contributed by atoms with van der Waals surface area (Å²) in [6, 6.07) is 7.21. The molecule has 0 saturated heterocycles. The van der Waals surface area contributed by atoms with Crippen molar-refractivity contribution in [2.45, 2.75) is 32.9 Å². The van der Waals surface area contributed by atoms with Crippen LogP contribution in [0.1, 0.15) is 26.3 Å². The molecule has 118 valence electrons. The van der Waals surface area contributed by atoms with E-state index in [0.717, 1.165) is 17.8 Å². The molecule has 1 aromatic rings. The van der Waals surface area contributed by atoms with Crippen LogP contribution in [-0.4, -0.2) is 23.0 Å². The predicted molar refractivity (Wildman–Crippen MR) is 90.5 cm³/mol. The molecular formula is C17H22ClN3O. The monoisotopic (exact) mass is 319 g/mol. The van der Waals surface area contributed by atoms with Crippen molar-refractivity contribution < 1.29 is 4.79 Å². The molecule has 0 spiro atoms. The van der Waals surface area contributed by atoms with Gasteiger partial charge in [0.2, 0.25) is 0 Å². The Morgan fingerprint density at radius 2 is 2.14 bits per heavy atom. The normalized spacial score (nSPS) is 14.5. The molecule has 0 aliphatic carbocycles. The number of urea groups is 1. The molecule has 2 amide bonds. The summed E-state index contributed by atoms with van der Waals surface area (Å²) < 4.78 is 0. The van der Waals surface area contributed by atoms with Crippen molar-refractivity contribution in [2.75, 3.05) is 6.54 Å². The average Bonchev–Trinajstić information content (AvgIpc) is 2.45. The van der Waals surface area contributed by atoms with Gasteiger partial charge in [-0.2, -0.15) is 0 Å². The number of amides is 2. The maximum atomic E-state index is 11.9. The van der Waals surface area contributed by atoms with Crippen LogP contribution < -0.4 is 10.6 Å². The summed E-state index contributed by atoms with van der Waals surface area (Å²) in [5.41, 5.74) is 1.85. The van der Waals surface area contributed by atoms with E-state index in [2.05, 4.69) is 36.3 Å². The Hall–Kier alpha value is -1.94. The zero-order valence-corrected chi connectivity index (χ0v) is 13.9. The van der Waals surface area contributed by atoms with Crippen molar-refractivity contribution in [3.63, 3.8) is 0 Å². The summed E-state index contributed by atoms with van der Waals surface area (Å²) in [6.45, 7) is 7.69. The van der Waals surface area contributed by atoms with Crippen molar-refractivity contribution in [2.24, 2.45) is 0 Å². The fourth-order valence-electron chi connectivity index (χ4n) is 2.09. The summed E-state index contributed by atoms with van der Waals surface area (Å²) in [5.74, 6) is 0. The van der Waals surface area contributed by atoms with Gasteiger partial charge in [0.25, 0.3) is 0 Å². The maximum Gasteiger partial charge on any atom is 0.319 e. The van der Waals surface area contributed by atoms with Gasteiger partial charge < -0.3 is 15.5 Å². The first-order valence-corrected chi connectivity index (χ1v) is 7.67. The Bertz CT molecular complexity index is 602. The van der Waals surface area contributed by atoms with Crippen LogP contribution >= 0.6 is 11.6 Å². The zero-order valence-electron chi connectivity index (χ0n) is 13.2. The summed E-state index contributed by atoms with van der Waals surface area (Å²) >= 11 is 5.91. The molecule has 4 nitrogen and oxygen atoms in total. The van der Waals surface area contributed by atoms with E-state index in [1.165, 1.54) is 0 Å². The Morgan fingerprint density at radius 3 is 2.73 bits per heavy atom. The van der Waals surface area contributed by atoms with Crippen molar-refractivity contribution in [3.05, 3.63) is 58.9 Å². The smallest absolute Gasteiger partial charge is 0.319 e. The van der Waals surface area contributed by atoms with Crippen molar-refractivity contribution in [1.82, 2.24) is 15.5 Å². The number of allylic oxidation sites excluding steroid dienone is 1. The van der Waals surface area contributed by atoms with Gasteiger partial charge in [0, 0.05) is 35.5 Å². The first-order chi connectivity index (χ1) is 10.3. The molecule has 1 aromatic carbocycles. The van der Waals surface area contributed by atoms with Gasteiger partial charge in [0.1, 0.15) is 0 Å². The molecule has 0 atom stereocenters. The largest absolute Gasteiger partial charge is 0.369 e. The lowest BCUT2D eigenvalue weighted by Crippen LogP contribution is -2.40. The summed E-state index contributed by atoms with van der Waals surface area (Å²) in [5, 5.41) is 6.32. The maximum absolute atomic E-state index is 11.9. The quantitative estimate of drug-likeness (QED) is 0.893. The number of nitrogens with zero attached hydrogens (tertiary/aromatic N) is 1. The molecule has 1 heterocycles.